The Morgan fingerprint density at radius 2 is 2.16 bits per heavy atom. The summed E-state index contributed by atoms with van der Waals surface area (Å²) in [6.45, 7) is 9.63. The molecule has 0 radical (unpaired) electrons. The minimum Gasteiger partial charge on any atom is -0.369 e. The monoisotopic (exact) mass is 264 g/mol. The molecule has 1 N–H and O–H groups in total. The molecule has 1 aliphatic rings. The normalized spacial score (nSPS) is 17.4. The third-order valence-corrected chi connectivity index (χ3v) is 4.25. The molecule has 0 aliphatic carbocycles. The molecule has 0 bridgehead atoms. The third kappa shape index (κ3) is 3.27. The van der Waals surface area contributed by atoms with Crippen LogP contribution < -0.4 is 10.2 Å². The molecule has 0 saturated carbocycles. The Hall–Kier alpha value is -1.09. The highest BCUT2D eigenvalue weighted by Crippen LogP contribution is 2.29. The zero-order chi connectivity index (χ0) is 13.8. The first kappa shape index (κ1) is 14.3. The van der Waals surface area contributed by atoms with Crippen molar-refractivity contribution in [2.75, 3.05) is 24.5 Å². The van der Waals surface area contributed by atoms with E-state index in [2.05, 4.69) is 31.0 Å². The molecule has 0 fully saturated rings. The van der Waals surface area contributed by atoms with Crippen molar-refractivity contribution in [3.8, 4) is 0 Å². The first-order valence-electron chi connectivity index (χ1n) is 7.42. The molecule has 3 heteroatoms. The Morgan fingerprint density at radius 3 is 2.84 bits per heavy atom. The van der Waals surface area contributed by atoms with Crippen molar-refractivity contribution in [3.05, 3.63) is 29.6 Å². The van der Waals surface area contributed by atoms with Gasteiger partial charge in [-0.3, -0.25) is 0 Å². The first-order chi connectivity index (χ1) is 9.15. The molecule has 1 aliphatic heterocycles. The van der Waals surface area contributed by atoms with E-state index in [-0.39, 0.29) is 5.82 Å². The van der Waals surface area contributed by atoms with E-state index in [1.54, 1.807) is 12.1 Å². The standard InChI is InChI=1S/C16H25FN2/c1-4-12(3)15(18-5-2)11-19-9-8-13-6-7-14(17)10-16(13)19/h6-7,10,12,15,18H,4-5,8-9,11H2,1-3H3. The van der Waals surface area contributed by atoms with Gasteiger partial charge in [-0.2, -0.15) is 0 Å². The van der Waals surface area contributed by atoms with Crippen LogP contribution in [0.2, 0.25) is 0 Å². The summed E-state index contributed by atoms with van der Waals surface area (Å²) >= 11 is 0. The number of anilines is 1. The van der Waals surface area contributed by atoms with Crippen LogP contribution in [0.3, 0.4) is 0 Å². The zero-order valence-corrected chi connectivity index (χ0v) is 12.2. The van der Waals surface area contributed by atoms with Crippen molar-refractivity contribution in [1.29, 1.82) is 0 Å². The van der Waals surface area contributed by atoms with Crippen LogP contribution in [-0.4, -0.2) is 25.7 Å². The highest BCUT2D eigenvalue weighted by atomic mass is 19.1. The highest BCUT2D eigenvalue weighted by Gasteiger charge is 2.24. The van der Waals surface area contributed by atoms with Crippen molar-refractivity contribution in [1.82, 2.24) is 5.32 Å². The van der Waals surface area contributed by atoms with E-state index in [4.69, 9.17) is 0 Å². The molecule has 2 atom stereocenters. The van der Waals surface area contributed by atoms with Gasteiger partial charge in [-0.25, -0.2) is 4.39 Å². The number of hydrogen-bond donors (Lipinski definition) is 1. The van der Waals surface area contributed by atoms with Gasteiger partial charge in [0.2, 0.25) is 0 Å². The summed E-state index contributed by atoms with van der Waals surface area (Å²) in [5.41, 5.74) is 2.37. The van der Waals surface area contributed by atoms with E-state index in [0.29, 0.717) is 12.0 Å². The lowest BCUT2D eigenvalue weighted by molar-refractivity contribution is 0.373. The number of nitrogens with one attached hydrogen (secondary N) is 1. The second kappa shape index (κ2) is 6.38. The fourth-order valence-corrected chi connectivity index (χ4v) is 2.84. The number of fused-ring (bicyclic) bond motifs is 1. The number of likely N-dealkylation sites (N-methyl/N-ethyl adjacent to an activating group) is 1. The van der Waals surface area contributed by atoms with Crippen LogP contribution in [0.4, 0.5) is 10.1 Å². The lowest BCUT2D eigenvalue weighted by atomic mass is 9.98. The molecule has 2 rings (SSSR count). The summed E-state index contributed by atoms with van der Waals surface area (Å²) < 4.78 is 13.4. The Morgan fingerprint density at radius 1 is 1.37 bits per heavy atom. The second-order valence-corrected chi connectivity index (χ2v) is 5.52. The van der Waals surface area contributed by atoms with E-state index < -0.39 is 0 Å². The summed E-state index contributed by atoms with van der Waals surface area (Å²) in [4.78, 5) is 2.33. The van der Waals surface area contributed by atoms with Crippen LogP contribution in [-0.2, 0) is 6.42 Å². The van der Waals surface area contributed by atoms with Gasteiger partial charge in [0.15, 0.2) is 0 Å². The minimum absolute atomic E-state index is 0.130. The number of nitrogens with zero attached hydrogens (tertiary/aromatic N) is 1. The molecular weight excluding hydrogens is 239 g/mol. The summed E-state index contributed by atoms with van der Waals surface area (Å²) in [5, 5.41) is 3.57. The van der Waals surface area contributed by atoms with E-state index in [1.165, 1.54) is 12.0 Å². The Bertz CT molecular complexity index is 419. The molecular formula is C16H25FN2. The summed E-state index contributed by atoms with van der Waals surface area (Å²) in [7, 11) is 0. The van der Waals surface area contributed by atoms with Crippen LogP contribution in [0.25, 0.3) is 0 Å². The topological polar surface area (TPSA) is 15.3 Å². The molecule has 2 nitrogen and oxygen atoms in total. The number of hydrogen-bond acceptors (Lipinski definition) is 2. The summed E-state index contributed by atoms with van der Waals surface area (Å²) in [6, 6.07) is 5.65. The summed E-state index contributed by atoms with van der Waals surface area (Å²) in [6.07, 6.45) is 2.20. The van der Waals surface area contributed by atoms with Crippen LogP contribution in [0, 0.1) is 11.7 Å². The van der Waals surface area contributed by atoms with Crippen molar-refractivity contribution < 1.29 is 4.39 Å². The smallest absolute Gasteiger partial charge is 0.125 e. The Balaban J connectivity index is 2.10. The molecule has 106 valence electrons. The van der Waals surface area contributed by atoms with Gasteiger partial charge < -0.3 is 10.2 Å². The van der Waals surface area contributed by atoms with Gasteiger partial charge in [-0.15, -0.1) is 0 Å². The number of rotatable bonds is 6. The fourth-order valence-electron chi connectivity index (χ4n) is 2.84. The largest absolute Gasteiger partial charge is 0.369 e. The average Bonchev–Trinajstić information content (AvgIpc) is 2.80. The van der Waals surface area contributed by atoms with Crippen molar-refractivity contribution in [2.45, 2.75) is 39.7 Å². The van der Waals surface area contributed by atoms with Crippen LogP contribution in [0.1, 0.15) is 32.8 Å². The van der Waals surface area contributed by atoms with Crippen LogP contribution >= 0.6 is 0 Å². The average molecular weight is 264 g/mol. The minimum atomic E-state index is -0.130. The van der Waals surface area contributed by atoms with E-state index >= 15 is 0 Å². The van der Waals surface area contributed by atoms with Crippen molar-refractivity contribution in [2.24, 2.45) is 5.92 Å². The molecule has 2 unspecified atom stereocenters. The van der Waals surface area contributed by atoms with E-state index in [0.717, 1.165) is 31.7 Å². The highest BCUT2D eigenvalue weighted by molar-refractivity contribution is 5.58. The van der Waals surface area contributed by atoms with Crippen molar-refractivity contribution >= 4 is 5.69 Å². The predicted molar refractivity (Wildman–Crippen MR) is 79.2 cm³/mol. The molecule has 0 saturated heterocycles. The van der Waals surface area contributed by atoms with Gasteiger partial charge in [-0.1, -0.05) is 33.3 Å². The maximum absolute atomic E-state index is 13.4. The number of benzene rings is 1. The molecule has 1 aromatic rings. The molecule has 1 heterocycles. The van der Waals surface area contributed by atoms with Gasteiger partial charge in [0.05, 0.1) is 0 Å². The van der Waals surface area contributed by atoms with E-state index in [1.807, 2.05) is 6.07 Å². The third-order valence-electron chi connectivity index (χ3n) is 4.25. The van der Waals surface area contributed by atoms with Crippen molar-refractivity contribution in [3.63, 3.8) is 0 Å². The number of halogens is 1. The molecule has 19 heavy (non-hydrogen) atoms. The second-order valence-electron chi connectivity index (χ2n) is 5.52. The van der Waals surface area contributed by atoms with Gasteiger partial charge in [-0.05, 0) is 36.6 Å². The molecule has 0 spiro atoms. The maximum atomic E-state index is 13.4. The lowest BCUT2D eigenvalue weighted by Gasteiger charge is -2.30. The molecule has 0 amide bonds. The molecule has 1 aromatic carbocycles. The van der Waals surface area contributed by atoms with Gasteiger partial charge in [0.1, 0.15) is 5.82 Å². The van der Waals surface area contributed by atoms with E-state index in [9.17, 15) is 4.39 Å². The zero-order valence-electron chi connectivity index (χ0n) is 12.2. The van der Waals surface area contributed by atoms with Crippen LogP contribution in [0.15, 0.2) is 18.2 Å². The predicted octanol–water partition coefficient (Wildman–Crippen LogP) is 3.21. The first-order valence-corrected chi connectivity index (χ1v) is 7.42. The lowest BCUT2D eigenvalue weighted by Crippen LogP contribution is -2.44. The Labute approximate surface area is 116 Å². The summed E-state index contributed by atoms with van der Waals surface area (Å²) in [5.74, 6) is 0.506. The van der Waals surface area contributed by atoms with Crippen LogP contribution in [0.5, 0.6) is 0 Å². The quantitative estimate of drug-likeness (QED) is 0.848. The van der Waals surface area contributed by atoms with Gasteiger partial charge >= 0.3 is 0 Å². The maximum Gasteiger partial charge on any atom is 0.125 e. The fraction of sp³-hybridized carbons (Fsp3) is 0.625. The van der Waals surface area contributed by atoms with Gasteiger partial charge in [0, 0.05) is 24.8 Å². The SMILES string of the molecule is CCNC(CN1CCc2ccc(F)cc21)C(C)CC. The van der Waals surface area contributed by atoms with Gasteiger partial charge in [0.25, 0.3) is 0 Å². The molecule has 0 aromatic heterocycles. The Kier molecular flexibility index (Phi) is 4.81.